The molecule has 2 fully saturated rings. The number of carbonyl (C=O) groups is 3. The predicted octanol–water partition coefficient (Wildman–Crippen LogP) is 2.05. The molecule has 1 saturated heterocycles. The van der Waals surface area contributed by atoms with E-state index in [4.69, 9.17) is 5.11 Å². The number of aliphatic carboxylic acids is 1. The molecule has 0 aromatic rings. The first-order chi connectivity index (χ1) is 12.0. The first-order valence-corrected chi connectivity index (χ1v) is 9.15. The molecular weight excluding hydrogens is 324 g/mol. The Morgan fingerprint density at radius 1 is 1.28 bits per heavy atom. The standard InChI is InChI=1S/C18H28N2O5/c21-15(13-7-5-6-8-13)11-12-20-14(17(24)19-18(20)25)9-3-1-2-4-10-16(22)23/h1,3,13-15,21H,2,4-12H2,(H,22,23)(H,19,24,25)/b3-1-. The third-order valence-corrected chi connectivity index (χ3v) is 5.07. The molecule has 7 heteroatoms. The Hall–Kier alpha value is -1.89. The minimum Gasteiger partial charge on any atom is -0.481 e. The number of hydrogen-bond donors (Lipinski definition) is 3. The van der Waals surface area contributed by atoms with E-state index in [-0.39, 0.29) is 12.3 Å². The number of carboxylic acids is 1. The lowest BCUT2D eigenvalue weighted by Gasteiger charge is -2.24. The number of unbranched alkanes of at least 4 members (excludes halogenated alkanes) is 1. The summed E-state index contributed by atoms with van der Waals surface area (Å²) in [6.07, 6.45) is 9.84. The van der Waals surface area contributed by atoms with E-state index in [0.29, 0.717) is 38.1 Å². The number of aliphatic hydroxyl groups is 1. The van der Waals surface area contributed by atoms with Gasteiger partial charge in [-0.15, -0.1) is 0 Å². The number of imide groups is 1. The van der Waals surface area contributed by atoms with Gasteiger partial charge in [-0.1, -0.05) is 25.0 Å². The Morgan fingerprint density at radius 2 is 2.00 bits per heavy atom. The number of hydrogen-bond acceptors (Lipinski definition) is 4. The Bertz CT molecular complexity index is 514. The van der Waals surface area contributed by atoms with E-state index in [1.165, 1.54) is 4.90 Å². The van der Waals surface area contributed by atoms with Crippen LogP contribution in [0.5, 0.6) is 0 Å². The number of amides is 3. The summed E-state index contributed by atoms with van der Waals surface area (Å²) in [6, 6.07) is -0.938. The maximum Gasteiger partial charge on any atom is 0.324 e. The van der Waals surface area contributed by atoms with Crippen molar-refractivity contribution in [3.8, 4) is 0 Å². The van der Waals surface area contributed by atoms with Gasteiger partial charge in [0.05, 0.1) is 6.10 Å². The van der Waals surface area contributed by atoms with Crippen molar-refractivity contribution in [1.29, 1.82) is 0 Å². The van der Waals surface area contributed by atoms with Gasteiger partial charge < -0.3 is 15.1 Å². The summed E-state index contributed by atoms with van der Waals surface area (Å²) in [4.78, 5) is 35.9. The van der Waals surface area contributed by atoms with Crippen molar-refractivity contribution in [1.82, 2.24) is 10.2 Å². The van der Waals surface area contributed by atoms with Gasteiger partial charge in [0.15, 0.2) is 0 Å². The second-order valence-electron chi connectivity index (χ2n) is 6.90. The molecule has 3 N–H and O–H groups in total. The van der Waals surface area contributed by atoms with Gasteiger partial charge in [-0.05, 0) is 44.4 Å². The van der Waals surface area contributed by atoms with Gasteiger partial charge in [0.25, 0.3) is 5.91 Å². The largest absolute Gasteiger partial charge is 0.481 e. The normalized spacial score (nSPS) is 22.8. The molecule has 2 rings (SSSR count). The fourth-order valence-electron chi connectivity index (χ4n) is 3.60. The maximum atomic E-state index is 12.0. The van der Waals surface area contributed by atoms with Crippen LogP contribution in [0.2, 0.25) is 0 Å². The third-order valence-electron chi connectivity index (χ3n) is 5.07. The van der Waals surface area contributed by atoms with E-state index in [1.807, 2.05) is 12.2 Å². The van der Waals surface area contributed by atoms with Crippen LogP contribution in [-0.4, -0.2) is 51.7 Å². The number of carboxylic acid groups (broad SMARTS) is 1. The highest BCUT2D eigenvalue weighted by atomic mass is 16.4. The topological polar surface area (TPSA) is 107 Å². The van der Waals surface area contributed by atoms with E-state index in [2.05, 4.69) is 5.32 Å². The zero-order valence-electron chi connectivity index (χ0n) is 14.5. The number of carbonyl (C=O) groups excluding carboxylic acids is 2. The smallest absolute Gasteiger partial charge is 0.324 e. The van der Waals surface area contributed by atoms with Crippen LogP contribution in [-0.2, 0) is 9.59 Å². The van der Waals surface area contributed by atoms with Crippen molar-refractivity contribution in [3.05, 3.63) is 12.2 Å². The van der Waals surface area contributed by atoms with Crippen LogP contribution in [0.3, 0.4) is 0 Å². The van der Waals surface area contributed by atoms with Crippen LogP contribution >= 0.6 is 0 Å². The lowest BCUT2D eigenvalue weighted by Crippen LogP contribution is -2.37. The average molecular weight is 352 g/mol. The monoisotopic (exact) mass is 352 g/mol. The minimum absolute atomic E-state index is 0.123. The van der Waals surface area contributed by atoms with E-state index in [0.717, 1.165) is 25.7 Å². The maximum absolute atomic E-state index is 12.0. The third kappa shape index (κ3) is 5.85. The molecule has 1 aliphatic heterocycles. The molecule has 0 bridgehead atoms. The Morgan fingerprint density at radius 3 is 2.68 bits per heavy atom. The minimum atomic E-state index is -0.818. The van der Waals surface area contributed by atoms with Crippen LogP contribution < -0.4 is 5.32 Å². The van der Waals surface area contributed by atoms with E-state index in [1.54, 1.807) is 0 Å². The lowest BCUT2D eigenvalue weighted by molar-refractivity contribution is -0.137. The number of aliphatic hydroxyl groups excluding tert-OH is 1. The van der Waals surface area contributed by atoms with Crippen molar-refractivity contribution in [2.75, 3.05) is 6.54 Å². The molecule has 1 saturated carbocycles. The summed E-state index contributed by atoms with van der Waals surface area (Å²) in [5, 5.41) is 21.2. The highest BCUT2D eigenvalue weighted by molar-refractivity contribution is 6.04. The molecule has 0 radical (unpaired) electrons. The fraction of sp³-hybridized carbons (Fsp3) is 0.722. The Kier molecular flexibility index (Phi) is 7.43. The molecule has 3 amide bonds. The molecule has 1 heterocycles. The van der Waals surface area contributed by atoms with Crippen molar-refractivity contribution < 1.29 is 24.6 Å². The van der Waals surface area contributed by atoms with Crippen LogP contribution in [0.1, 0.15) is 57.8 Å². The molecule has 2 atom stereocenters. The highest BCUT2D eigenvalue weighted by Crippen LogP contribution is 2.29. The zero-order chi connectivity index (χ0) is 18.2. The second-order valence-corrected chi connectivity index (χ2v) is 6.90. The van der Waals surface area contributed by atoms with Crippen LogP contribution in [0.15, 0.2) is 12.2 Å². The molecule has 1 aliphatic carbocycles. The van der Waals surface area contributed by atoms with E-state index in [9.17, 15) is 19.5 Å². The second kappa shape index (κ2) is 9.56. The molecule has 140 valence electrons. The number of nitrogens with one attached hydrogen (secondary N) is 1. The first kappa shape index (κ1) is 19.4. The van der Waals surface area contributed by atoms with Crippen molar-refractivity contribution in [2.24, 2.45) is 5.92 Å². The van der Waals surface area contributed by atoms with Gasteiger partial charge in [-0.25, -0.2) is 4.79 Å². The summed E-state index contributed by atoms with van der Waals surface area (Å²) in [6.45, 7) is 0.368. The molecular formula is C18H28N2O5. The zero-order valence-corrected chi connectivity index (χ0v) is 14.5. The lowest BCUT2D eigenvalue weighted by atomic mass is 9.98. The van der Waals surface area contributed by atoms with Crippen molar-refractivity contribution in [2.45, 2.75) is 69.9 Å². The van der Waals surface area contributed by atoms with Crippen LogP contribution in [0.25, 0.3) is 0 Å². The quantitative estimate of drug-likeness (QED) is 0.317. The first-order valence-electron chi connectivity index (χ1n) is 9.15. The van der Waals surface area contributed by atoms with Gasteiger partial charge in [0.1, 0.15) is 6.04 Å². The number of urea groups is 1. The van der Waals surface area contributed by atoms with E-state index >= 15 is 0 Å². The molecule has 0 spiro atoms. The van der Waals surface area contributed by atoms with Crippen molar-refractivity contribution >= 4 is 17.9 Å². The Labute approximate surface area is 148 Å². The number of rotatable bonds is 10. The summed E-state index contributed by atoms with van der Waals surface area (Å²) in [7, 11) is 0. The molecule has 7 nitrogen and oxygen atoms in total. The molecule has 2 aliphatic rings. The Balaban J connectivity index is 1.78. The summed E-state index contributed by atoms with van der Waals surface area (Å²) >= 11 is 0. The average Bonchev–Trinajstić information content (AvgIpc) is 3.17. The number of allylic oxidation sites excluding steroid dienone is 1. The van der Waals surface area contributed by atoms with Crippen LogP contribution in [0, 0.1) is 5.92 Å². The van der Waals surface area contributed by atoms with Gasteiger partial charge in [0.2, 0.25) is 0 Å². The van der Waals surface area contributed by atoms with Gasteiger partial charge >= 0.3 is 12.0 Å². The summed E-state index contributed by atoms with van der Waals surface area (Å²) in [5.74, 6) is -0.814. The SMILES string of the molecule is O=C(O)CCC/C=C\CC1C(=O)NC(=O)N1CCC(O)C1CCCC1. The predicted molar refractivity (Wildman–Crippen MR) is 91.9 cm³/mol. The molecule has 25 heavy (non-hydrogen) atoms. The summed E-state index contributed by atoms with van der Waals surface area (Å²) < 4.78 is 0. The fourth-order valence-corrected chi connectivity index (χ4v) is 3.60. The molecule has 2 unspecified atom stereocenters. The van der Waals surface area contributed by atoms with Gasteiger partial charge in [0, 0.05) is 13.0 Å². The highest BCUT2D eigenvalue weighted by Gasteiger charge is 2.37. The number of nitrogens with zero attached hydrogens (tertiary/aromatic N) is 1. The van der Waals surface area contributed by atoms with Gasteiger partial charge in [-0.3, -0.25) is 14.9 Å². The molecule has 0 aromatic carbocycles. The molecule has 0 aromatic heterocycles. The van der Waals surface area contributed by atoms with Crippen LogP contribution in [0.4, 0.5) is 4.79 Å². The van der Waals surface area contributed by atoms with Crippen molar-refractivity contribution in [3.63, 3.8) is 0 Å². The van der Waals surface area contributed by atoms with Gasteiger partial charge in [-0.2, -0.15) is 0 Å². The summed E-state index contributed by atoms with van der Waals surface area (Å²) in [5.41, 5.74) is 0. The van der Waals surface area contributed by atoms with E-state index < -0.39 is 24.1 Å².